The van der Waals surface area contributed by atoms with Crippen molar-refractivity contribution in [3.63, 3.8) is 0 Å². The van der Waals surface area contributed by atoms with Crippen molar-refractivity contribution in [2.45, 2.75) is 6.92 Å². The molecule has 0 aliphatic carbocycles. The molecule has 24 heavy (non-hydrogen) atoms. The Kier molecular flexibility index (Phi) is 5.20. The normalized spacial score (nSPS) is 14.4. The maximum Gasteiger partial charge on any atom is 0.173 e. The van der Waals surface area contributed by atoms with E-state index in [0.717, 1.165) is 42.7 Å². The topological polar surface area (TPSA) is 27.7 Å². The quantitative estimate of drug-likeness (QED) is 0.862. The van der Waals surface area contributed by atoms with E-state index in [9.17, 15) is 0 Å². The molecule has 0 radical (unpaired) electrons. The zero-order valence-electron chi connectivity index (χ0n) is 14.2. The fourth-order valence-electron chi connectivity index (χ4n) is 2.95. The van der Waals surface area contributed by atoms with Crippen LogP contribution in [0, 0.1) is 6.92 Å². The van der Waals surface area contributed by atoms with E-state index in [4.69, 9.17) is 17.0 Å². The molecule has 4 nitrogen and oxygen atoms in total. The predicted molar refractivity (Wildman–Crippen MR) is 104 cm³/mol. The zero-order chi connectivity index (χ0) is 16.9. The first kappa shape index (κ1) is 16.6. The van der Waals surface area contributed by atoms with Gasteiger partial charge in [-0.25, -0.2) is 0 Å². The molecule has 126 valence electrons. The number of nitrogens with zero attached hydrogens (tertiary/aromatic N) is 2. The van der Waals surface area contributed by atoms with Gasteiger partial charge in [-0.1, -0.05) is 18.2 Å². The Labute approximate surface area is 149 Å². The summed E-state index contributed by atoms with van der Waals surface area (Å²) in [6.45, 7) is 5.98. The molecule has 1 N–H and O–H groups in total. The standard InChI is InChI=1S/C19H23N3OS/c1-15-5-3-4-6-18(15)21-11-13-22(14-12-21)19(24)20-16-7-9-17(23-2)10-8-16/h3-10H,11-14H2,1-2H3,(H,20,24). The van der Waals surface area contributed by atoms with Crippen LogP contribution in [0.25, 0.3) is 0 Å². The number of piperazine rings is 1. The van der Waals surface area contributed by atoms with Gasteiger partial charge < -0.3 is 19.9 Å². The fourth-order valence-corrected chi connectivity index (χ4v) is 3.25. The third-order valence-electron chi connectivity index (χ3n) is 4.36. The molecular weight excluding hydrogens is 318 g/mol. The van der Waals surface area contributed by atoms with Crippen molar-refractivity contribution in [3.05, 3.63) is 54.1 Å². The summed E-state index contributed by atoms with van der Waals surface area (Å²) in [5.41, 5.74) is 3.64. The minimum Gasteiger partial charge on any atom is -0.497 e. The van der Waals surface area contributed by atoms with Crippen LogP contribution < -0.4 is 15.0 Å². The van der Waals surface area contributed by atoms with E-state index in [-0.39, 0.29) is 0 Å². The van der Waals surface area contributed by atoms with Crippen LogP contribution in [0.5, 0.6) is 5.75 Å². The van der Waals surface area contributed by atoms with Gasteiger partial charge >= 0.3 is 0 Å². The van der Waals surface area contributed by atoms with Crippen LogP contribution in [-0.4, -0.2) is 43.3 Å². The Hall–Kier alpha value is -2.27. The Morgan fingerprint density at radius 3 is 2.29 bits per heavy atom. The van der Waals surface area contributed by atoms with E-state index in [0.29, 0.717) is 0 Å². The Bertz CT molecular complexity index is 694. The minimum absolute atomic E-state index is 0.782. The number of rotatable bonds is 3. The second-order valence-electron chi connectivity index (χ2n) is 5.92. The highest BCUT2D eigenvalue weighted by Crippen LogP contribution is 2.21. The lowest BCUT2D eigenvalue weighted by Gasteiger charge is -2.38. The lowest BCUT2D eigenvalue weighted by Crippen LogP contribution is -2.50. The summed E-state index contributed by atoms with van der Waals surface area (Å²) in [4.78, 5) is 4.66. The summed E-state index contributed by atoms with van der Waals surface area (Å²) in [5.74, 6) is 0.846. The number of ether oxygens (including phenoxy) is 1. The summed E-state index contributed by atoms with van der Waals surface area (Å²) in [5, 5.41) is 4.09. The van der Waals surface area contributed by atoms with Crippen molar-refractivity contribution in [2.24, 2.45) is 0 Å². The molecule has 2 aromatic carbocycles. The van der Waals surface area contributed by atoms with Crippen LogP contribution >= 0.6 is 12.2 Å². The fraction of sp³-hybridized carbons (Fsp3) is 0.316. The van der Waals surface area contributed by atoms with Crippen molar-refractivity contribution in [1.82, 2.24) is 4.90 Å². The van der Waals surface area contributed by atoms with Crippen molar-refractivity contribution < 1.29 is 4.74 Å². The summed E-state index contributed by atoms with van der Waals surface area (Å²) >= 11 is 5.56. The molecule has 0 saturated carbocycles. The lowest BCUT2D eigenvalue weighted by molar-refractivity contribution is 0.390. The highest BCUT2D eigenvalue weighted by atomic mass is 32.1. The number of nitrogens with one attached hydrogen (secondary N) is 1. The highest BCUT2D eigenvalue weighted by molar-refractivity contribution is 7.80. The molecule has 1 aliphatic rings. The number of hydrogen-bond donors (Lipinski definition) is 1. The van der Waals surface area contributed by atoms with E-state index in [1.165, 1.54) is 11.3 Å². The van der Waals surface area contributed by atoms with Crippen molar-refractivity contribution in [3.8, 4) is 5.75 Å². The summed E-state index contributed by atoms with van der Waals surface area (Å²) in [6.07, 6.45) is 0. The van der Waals surface area contributed by atoms with Gasteiger partial charge in [0.05, 0.1) is 7.11 Å². The molecule has 3 rings (SSSR count). The van der Waals surface area contributed by atoms with Crippen LogP contribution in [0.1, 0.15) is 5.56 Å². The lowest BCUT2D eigenvalue weighted by atomic mass is 10.1. The van der Waals surface area contributed by atoms with Crippen LogP contribution in [-0.2, 0) is 0 Å². The van der Waals surface area contributed by atoms with Gasteiger partial charge in [-0.05, 0) is 55.0 Å². The average molecular weight is 341 g/mol. The van der Waals surface area contributed by atoms with Crippen molar-refractivity contribution >= 4 is 28.7 Å². The second-order valence-corrected chi connectivity index (χ2v) is 6.31. The third-order valence-corrected chi connectivity index (χ3v) is 4.72. The first-order valence-electron chi connectivity index (χ1n) is 8.18. The maximum absolute atomic E-state index is 5.56. The molecule has 0 unspecified atom stereocenters. The summed E-state index contributed by atoms with van der Waals surface area (Å²) in [7, 11) is 1.67. The molecule has 0 atom stereocenters. The molecule has 1 fully saturated rings. The number of para-hydroxylation sites is 1. The Balaban J connectivity index is 1.56. The van der Waals surface area contributed by atoms with Crippen molar-refractivity contribution in [2.75, 3.05) is 43.5 Å². The van der Waals surface area contributed by atoms with Gasteiger partial charge in [-0.2, -0.15) is 0 Å². The Morgan fingerprint density at radius 2 is 1.67 bits per heavy atom. The van der Waals surface area contributed by atoms with E-state index < -0.39 is 0 Å². The average Bonchev–Trinajstić information content (AvgIpc) is 2.63. The van der Waals surface area contributed by atoms with Gasteiger partial charge in [-0.15, -0.1) is 0 Å². The molecule has 2 aromatic rings. The van der Waals surface area contributed by atoms with Gasteiger partial charge in [0.2, 0.25) is 0 Å². The number of aryl methyl sites for hydroxylation is 1. The first-order valence-corrected chi connectivity index (χ1v) is 8.59. The van der Waals surface area contributed by atoms with E-state index in [1.54, 1.807) is 7.11 Å². The Morgan fingerprint density at radius 1 is 1.00 bits per heavy atom. The van der Waals surface area contributed by atoms with Gasteiger partial charge in [-0.3, -0.25) is 0 Å². The number of hydrogen-bond acceptors (Lipinski definition) is 3. The molecule has 0 aromatic heterocycles. The summed E-state index contributed by atoms with van der Waals surface area (Å²) < 4.78 is 5.18. The zero-order valence-corrected chi connectivity index (χ0v) is 15.0. The third kappa shape index (κ3) is 3.79. The number of methoxy groups -OCH3 is 1. The first-order chi connectivity index (χ1) is 11.7. The molecular formula is C19H23N3OS. The van der Waals surface area contributed by atoms with E-state index in [2.05, 4.69) is 46.3 Å². The molecule has 5 heteroatoms. The highest BCUT2D eigenvalue weighted by Gasteiger charge is 2.20. The minimum atomic E-state index is 0.782. The molecule has 0 amide bonds. The molecule has 1 aliphatic heterocycles. The van der Waals surface area contributed by atoms with Crippen LogP contribution in [0.15, 0.2) is 48.5 Å². The van der Waals surface area contributed by atoms with E-state index in [1.807, 2.05) is 24.3 Å². The number of benzene rings is 2. The van der Waals surface area contributed by atoms with Crippen molar-refractivity contribution in [1.29, 1.82) is 0 Å². The smallest absolute Gasteiger partial charge is 0.173 e. The number of thiocarbonyl (C=S) groups is 1. The molecule has 0 bridgehead atoms. The number of anilines is 2. The summed E-state index contributed by atoms with van der Waals surface area (Å²) in [6, 6.07) is 16.4. The molecule has 1 saturated heterocycles. The van der Waals surface area contributed by atoms with Crippen LogP contribution in [0.3, 0.4) is 0 Å². The maximum atomic E-state index is 5.56. The van der Waals surface area contributed by atoms with Gasteiger partial charge in [0.1, 0.15) is 5.75 Å². The SMILES string of the molecule is COc1ccc(NC(=S)N2CCN(c3ccccc3C)CC2)cc1. The van der Waals surface area contributed by atoms with Gasteiger partial charge in [0.15, 0.2) is 5.11 Å². The second kappa shape index (κ2) is 7.53. The monoisotopic (exact) mass is 341 g/mol. The van der Waals surface area contributed by atoms with Crippen LogP contribution in [0.4, 0.5) is 11.4 Å². The predicted octanol–water partition coefficient (Wildman–Crippen LogP) is 3.52. The molecule has 1 heterocycles. The molecule has 0 spiro atoms. The van der Waals surface area contributed by atoms with Gasteiger partial charge in [0, 0.05) is 37.6 Å². The van der Waals surface area contributed by atoms with Crippen LogP contribution in [0.2, 0.25) is 0 Å². The van der Waals surface area contributed by atoms with E-state index >= 15 is 0 Å². The largest absolute Gasteiger partial charge is 0.497 e. The van der Waals surface area contributed by atoms with Gasteiger partial charge in [0.25, 0.3) is 0 Å².